The van der Waals surface area contributed by atoms with Crippen molar-refractivity contribution in [1.29, 1.82) is 0 Å². The van der Waals surface area contributed by atoms with Crippen LogP contribution in [0.3, 0.4) is 0 Å². The van der Waals surface area contributed by atoms with Crippen LogP contribution in [0.5, 0.6) is 0 Å². The van der Waals surface area contributed by atoms with Crippen molar-refractivity contribution in [3.8, 4) is 0 Å². The summed E-state index contributed by atoms with van der Waals surface area (Å²) in [4.78, 5) is 0. The molecule has 0 aliphatic carbocycles. The second-order valence-corrected chi connectivity index (χ2v) is 5.28. The molecule has 2 rings (SSSR count). The Balaban J connectivity index is 2.13. The van der Waals surface area contributed by atoms with Gasteiger partial charge in [0.2, 0.25) is 0 Å². The first kappa shape index (κ1) is 15.3. The van der Waals surface area contributed by atoms with E-state index in [1.807, 2.05) is 12.1 Å². The molecule has 1 N–H and O–H groups in total. The van der Waals surface area contributed by atoms with E-state index in [9.17, 15) is 5.11 Å². The summed E-state index contributed by atoms with van der Waals surface area (Å²) >= 11 is 11.9. The second-order valence-electron chi connectivity index (χ2n) is 4.44. The summed E-state index contributed by atoms with van der Waals surface area (Å²) < 4.78 is 6.69. The van der Waals surface area contributed by atoms with Crippen LogP contribution >= 0.6 is 23.2 Å². The quantitative estimate of drug-likeness (QED) is 0.891. The molecule has 0 saturated carbocycles. The van der Waals surface area contributed by atoms with Gasteiger partial charge in [0.05, 0.1) is 30.1 Å². The zero-order valence-electron chi connectivity index (χ0n) is 11.1. The lowest BCUT2D eigenvalue weighted by atomic mass is 10.1. The molecule has 0 fully saturated rings. The van der Waals surface area contributed by atoms with Crippen molar-refractivity contribution in [2.24, 2.45) is 0 Å². The molecule has 2 aromatic rings. The standard InChI is InChI=1S/C14H16Cl2N2O2/c1-20-7-6-18-14(12(16)9-17-18)13(19)8-10-2-4-11(15)5-3-10/h2-5,9,13,19H,6-8H2,1H3. The maximum absolute atomic E-state index is 10.4. The van der Waals surface area contributed by atoms with Crippen LogP contribution in [0.4, 0.5) is 0 Å². The van der Waals surface area contributed by atoms with Gasteiger partial charge in [-0.15, -0.1) is 0 Å². The van der Waals surface area contributed by atoms with Crippen molar-refractivity contribution in [2.45, 2.75) is 19.1 Å². The Labute approximate surface area is 127 Å². The molecule has 0 aliphatic rings. The fraction of sp³-hybridized carbons (Fsp3) is 0.357. The number of aromatic nitrogens is 2. The van der Waals surface area contributed by atoms with E-state index < -0.39 is 6.10 Å². The highest BCUT2D eigenvalue weighted by atomic mass is 35.5. The third-order valence-corrected chi connectivity index (χ3v) is 3.54. The average molecular weight is 315 g/mol. The lowest BCUT2D eigenvalue weighted by molar-refractivity contribution is 0.153. The second kappa shape index (κ2) is 7.09. The fourth-order valence-corrected chi connectivity index (χ4v) is 2.39. The molecule has 4 nitrogen and oxygen atoms in total. The predicted octanol–water partition coefficient (Wildman–Crippen LogP) is 3.11. The largest absolute Gasteiger partial charge is 0.386 e. The molecule has 0 bridgehead atoms. The molecule has 1 aromatic carbocycles. The molecule has 1 heterocycles. The highest BCUT2D eigenvalue weighted by Crippen LogP contribution is 2.26. The maximum atomic E-state index is 10.4. The summed E-state index contributed by atoms with van der Waals surface area (Å²) in [5, 5.41) is 15.7. The van der Waals surface area contributed by atoms with Crippen LogP contribution in [-0.2, 0) is 17.7 Å². The molecule has 0 radical (unpaired) electrons. The van der Waals surface area contributed by atoms with Crippen molar-refractivity contribution in [1.82, 2.24) is 9.78 Å². The first-order valence-corrected chi connectivity index (χ1v) is 7.00. The first-order chi connectivity index (χ1) is 9.61. The summed E-state index contributed by atoms with van der Waals surface area (Å²) in [6.45, 7) is 1.06. The molecule has 6 heteroatoms. The van der Waals surface area contributed by atoms with Gasteiger partial charge in [0, 0.05) is 18.6 Å². The van der Waals surface area contributed by atoms with Crippen LogP contribution in [0.25, 0.3) is 0 Å². The molecule has 20 heavy (non-hydrogen) atoms. The summed E-state index contributed by atoms with van der Waals surface area (Å²) in [5.74, 6) is 0. The van der Waals surface area contributed by atoms with Gasteiger partial charge in [-0.3, -0.25) is 4.68 Å². The Kier molecular flexibility index (Phi) is 5.43. The predicted molar refractivity (Wildman–Crippen MR) is 79.2 cm³/mol. The highest BCUT2D eigenvalue weighted by molar-refractivity contribution is 6.31. The lowest BCUT2D eigenvalue weighted by Gasteiger charge is -2.14. The molecule has 0 amide bonds. The number of benzene rings is 1. The van der Waals surface area contributed by atoms with Crippen molar-refractivity contribution in [3.05, 3.63) is 51.8 Å². The van der Waals surface area contributed by atoms with E-state index in [4.69, 9.17) is 27.9 Å². The Morgan fingerprint density at radius 2 is 2.00 bits per heavy atom. The number of ether oxygens (including phenoxy) is 1. The Bertz CT molecular complexity index is 555. The Hall–Kier alpha value is -1.07. The molecule has 108 valence electrons. The summed E-state index contributed by atoms with van der Waals surface area (Å²) in [6, 6.07) is 7.37. The first-order valence-electron chi connectivity index (χ1n) is 6.24. The maximum Gasteiger partial charge on any atom is 0.101 e. The zero-order chi connectivity index (χ0) is 14.5. The number of hydrogen-bond acceptors (Lipinski definition) is 3. The van der Waals surface area contributed by atoms with Crippen LogP contribution in [-0.4, -0.2) is 28.6 Å². The molecule has 0 saturated heterocycles. The van der Waals surface area contributed by atoms with Gasteiger partial charge in [0.15, 0.2) is 0 Å². The number of aliphatic hydroxyl groups is 1. The minimum Gasteiger partial charge on any atom is -0.386 e. The van der Waals surface area contributed by atoms with Gasteiger partial charge in [-0.25, -0.2) is 0 Å². The van der Waals surface area contributed by atoms with Gasteiger partial charge in [-0.1, -0.05) is 35.3 Å². The topological polar surface area (TPSA) is 47.3 Å². The van der Waals surface area contributed by atoms with Crippen LogP contribution in [0.2, 0.25) is 10.0 Å². The Morgan fingerprint density at radius 1 is 1.30 bits per heavy atom. The monoisotopic (exact) mass is 314 g/mol. The van der Waals surface area contributed by atoms with Gasteiger partial charge >= 0.3 is 0 Å². The number of rotatable bonds is 6. The zero-order valence-corrected chi connectivity index (χ0v) is 12.6. The number of halogens is 2. The minimum atomic E-state index is -0.719. The Morgan fingerprint density at radius 3 is 2.65 bits per heavy atom. The van der Waals surface area contributed by atoms with Crippen molar-refractivity contribution in [3.63, 3.8) is 0 Å². The highest BCUT2D eigenvalue weighted by Gasteiger charge is 2.18. The van der Waals surface area contributed by atoms with Gasteiger partial charge in [-0.05, 0) is 17.7 Å². The van der Waals surface area contributed by atoms with Crippen LogP contribution in [0, 0.1) is 0 Å². The number of nitrogens with zero attached hydrogens (tertiary/aromatic N) is 2. The molecular formula is C14H16Cl2N2O2. The number of aliphatic hydroxyl groups excluding tert-OH is 1. The van der Waals surface area contributed by atoms with E-state index in [1.165, 1.54) is 6.20 Å². The van der Waals surface area contributed by atoms with Gasteiger partial charge < -0.3 is 9.84 Å². The average Bonchev–Trinajstić information content (AvgIpc) is 2.80. The summed E-state index contributed by atoms with van der Waals surface area (Å²) in [7, 11) is 1.62. The molecular weight excluding hydrogens is 299 g/mol. The van der Waals surface area contributed by atoms with E-state index in [0.29, 0.717) is 35.3 Å². The number of hydrogen-bond donors (Lipinski definition) is 1. The van der Waals surface area contributed by atoms with Crippen molar-refractivity contribution < 1.29 is 9.84 Å². The van der Waals surface area contributed by atoms with Crippen LogP contribution in [0.1, 0.15) is 17.4 Å². The minimum absolute atomic E-state index is 0.454. The fourth-order valence-electron chi connectivity index (χ4n) is 2.00. The van der Waals surface area contributed by atoms with Gasteiger partial charge in [-0.2, -0.15) is 5.10 Å². The smallest absolute Gasteiger partial charge is 0.101 e. The van der Waals surface area contributed by atoms with E-state index in [2.05, 4.69) is 5.10 Å². The van der Waals surface area contributed by atoms with E-state index in [-0.39, 0.29) is 0 Å². The summed E-state index contributed by atoms with van der Waals surface area (Å²) in [6.07, 6.45) is 1.27. The van der Waals surface area contributed by atoms with E-state index >= 15 is 0 Å². The van der Waals surface area contributed by atoms with Gasteiger partial charge in [0.25, 0.3) is 0 Å². The lowest BCUT2D eigenvalue weighted by Crippen LogP contribution is -2.14. The molecule has 1 atom stereocenters. The SMILES string of the molecule is COCCn1ncc(Cl)c1C(O)Cc1ccc(Cl)cc1. The van der Waals surface area contributed by atoms with Crippen molar-refractivity contribution >= 4 is 23.2 Å². The van der Waals surface area contributed by atoms with E-state index in [0.717, 1.165) is 5.56 Å². The molecule has 1 unspecified atom stereocenters. The molecule has 0 spiro atoms. The molecule has 1 aromatic heterocycles. The van der Waals surface area contributed by atoms with Crippen molar-refractivity contribution in [2.75, 3.05) is 13.7 Å². The van der Waals surface area contributed by atoms with Gasteiger partial charge in [0.1, 0.15) is 6.10 Å². The number of methoxy groups -OCH3 is 1. The normalized spacial score (nSPS) is 12.6. The third-order valence-electron chi connectivity index (χ3n) is 3.00. The summed E-state index contributed by atoms with van der Waals surface area (Å²) in [5.41, 5.74) is 1.59. The third kappa shape index (κ3) is 3.73. The van der Waals surface area contributed by atoms with E-state index in [1.54, 1.807) is 23.9 Å². The van der Waals surface area contributed by atoms with Crippen LogP contribution in [0.15, 0.2) is 30.5 Å². The van der Waals surface area contributed by atoms with Crippen LogP contribution < -0.4 is 0 Å². The molecule has 0 aliphatic heterocycles.